The zero-order valence-corrected chi connectivity index (χ0v) is 8.92. The summed E-state index contributed by atoms with van der Waals surface area (Å²) in [6.07, 6.45) is -4.27. The second-order valence-electron chi connectivity index (χ2n) is 3.61. The second kappa shape index (κ2) is 5.14. The van der Waals surface area contributed by atoms with Crippen LogP contribution in [-0.4, -0.2) is 12.0 Å². The molecule has 0 amide bonds. The molecular weight excluding hydrogens is 217 g/mol. The van der Waals surface area contributed by atoms with E-state index in [1.54, 1.807) is 25.1 Å². The second-order valence-corrected chi connectivity index (χ2v) is 3.61. The third-order valence-corrected chi connectivity index (χ3v) is 2.35. The van der Waals surface area contributed by atoms with Gasteiger partial charge in [0.25, 0.3) is 0 Å². The van der Waals surface area contributed by atoms with Gasteiger partial charge in [-0.1, -0.05) is 43.7 Å². The molecule has 1 unspecified atom stereocenters. The van der Waals surface area contributed by atoms with E-state index in [9.17, 15) is 18.0 Å². The van der Waals surface area contributed by atoms with Crippen LogP contribution in [0.4, 0.5) is 13.2 Å². The first-order valence-electron chi connectivity index (χ1n) is 5.12. The molecule has 1 aromatic carbocycles. The van der Waals surface area contributed by atoms with E-state index < -0.39 is 17.9 Å². The molecule has 0 radical (unpaired) electrons. The Kier molecular flexibility index (Phi) is 4.10. The molecule has 0 N–H and O–H groups in total. The lowest BCUT2D eigenvalue weighted by Gasteiger charge is -2.18. The van der Waals surface area contributed by atoms with E-state index in [-0.39, 0.29) is 12.0 Å². The number of rotatable bonds is 4. The first-order chi connectivity index (χ1) is 7.46. The Bertz CT molecular complexity index is 343. The minimum absolute atomic E-state index is 0.123. The summed E-state index contributed by atoms with van der Waals surface area (Å²) in [4.78, 5) is 11.7. The van der Waals surface area contributed by atoms with E-state index in [1.165, 1.54) is 12.1 Å². The molecule has 0 aliphatic carbocycles. The fourth-order valence-corrected chi connectivity index (χ4v) is 1.54. The van der Waals surface area contributed by atoms with Gasteiger partial charge in [-0.15, -0.1) is 0 Å². The predicted molar refractivity (Wildman–Crippen MR) is 55.2 cm³/mol. The van der Waals surface area contributed by atoms with Gasteiger partial charge in [0, 0.05) is 5.56 Å². The Morgan fingerprint density at radius 3 is 2.25 bits per heavy atom. The van der Waals surface area contributed by atoms with Crippen LogP contribution < -0.4 is 0 Å². The van der Waals surface area contributed by atoms with Crippen molar-refractivity contribution in [1.29, 1.82) is 0 Å². The van der Waals surface area contributed by atoms with Crippen LogP contribution in [0.1, 0.15) is 30.1 Å². The third kappa shape index (κ3) is 3.08. The SMILES string of the molecule is CCCC(C(=O)c1ccccc1)C(F)(F)F. The topological polar surface area (TPSA) is 17.1 Å². The van der Waals surface area contributed by atoms with Gasteiger partial charge in [0.1, 0.15) is 5.92 Å². The highest BCUT2D eigenvalue weighted by Gasteiger charge is 2.43. The Balaban J connectivity index is 2.92. The van der Waals surface area contributed by atoms with E-state index in [4.69, 9.17) is 0 Å². The Morgan fingerprint density at radius 2 is 1.81 bits per heavy atom. The molecule has 88 valence electrons. The maximum Gasteiger partial charge on any atom is 0.398 e. The summed E-state index contributed by atoms with van der Waals surface area (Å²) < 4.78 is 37.9. The van der Waals surface area contributed by atoms with Gasteiger partial charge in [-0.25, -0.2) is 0 Å². The third-order valence-electron chi connectivity index (χ3n) is 2.35. The lowest BCUT2D eigenvalue weighted by Crippen LogP contribution is -2.30. The highest BCUT2D eigenvalue weighted by molar-refractivity contribution is 5.98. The molecule has 16 heavy (non-hydrogen) atoms. The van der Waals surface area contributed by atoms with E-state index in [0.717, 1.165) is 0 Å². The summed E-state index contributed by atoms with van der Waals surface area (Å²) in [5.41, 5.74) is 0.123. The molecule has 1 nitrogen and oxygen atoms in total. The van der Waals surface area contributed by atoms with Crippen molar-refractivity contribution in [1.82, 2.24) is 0 Å². The highest BCUT2D eigenvalue weighted by Crippen LogP contribution is 2.32. The lowest BCUT2D eigenvalue weighted by atomic mass is 9.93. The minimum atomic E-state index is -4.46. The average molecular weight is 230 g/mol. The lowest BCUT2D eigenvalue weighted by molar-refractivity contribution is -0.162. The number of hydrogen-bond acceptors (Lipinski definition) is 1. The van der Waals surface area contributed by atoms with Crippen molar-refractivity contribution in [3.8, 4) is 0 Å². The number of Topliss-reactive ketones (excluding diaryl/α,β-unsaturated/α-hetero) is 1. The van der Waals surface area contributed by atoms with Crippen LogP contribution in [0.5, 0.6) is 0 Å². The number of ketones is 1. The summed E-state index contributed by atoms with van der Waals surface area (Å²) in [6, 6.07) is 7.62. The number of carbonyl (C=O) groups is 1. The smallest absolute Gasteiger partial charge is 0.294 e. The molecule has 1 aromatic rings. The molecule has 0 spiro atoms. The summed E-state index contributed by atoms with van der Waals surface area (Å²) in [7, 11) is 0. The number of halogens is 3. The van der Waals surface area contributed by atoms with Crippen LogP contribution in [0.2, 0.25) is 0 Å². The fourth-order valence-electron chi connectivity index (χ4n) is 1.54. The van der Waals surface area contributed by atoms with Crippen LogP contribution in [-0.2, 0) is 0 Å². The maximum atomic E-state index is 12.6. The van der Waals surface area contributed by atoms with Gasteiger partial charge in [-0.3, -0.25) is 4.79 Å². The van der Waals surface area contributed by atoms with Crippen molar-refractivity contribution in [3.63, 3.8) is 0 Å². The summed E-state index contributed by atoms with van der Waals surface area (Å²) in [5.74, 6) is -2.71. The molecule has 0 saturated carbocycles. The van der Waals surface area contributed by atoms with E-state index in [1.807, 2.05) is 0 Å². The van der Waals surface area contributed by atoms with Crippen molar-refractivity contribution < 1.29 is 18.0 Å². The van der Waals surface area contributed by atoms with Crippen LogP contribution in [0.15, 0.2) is 30.3 Å². The van der Waals surface area contributed by atoms with Gasteiger partial charge >= 0.3 is 6.18 Å². The molecule has 0 aliphatic rings. The van der Waals surface area contributed by atoms with Crippen molar-refractivity contribution in [3.05, 3.63) is 35.9 Å². The predicted octanol–water partition coefficient (Wildman–Crippen LogP) is 3.85. The molecule has 1 rings (SSSR count). The number of hydrogen-bond donors (Lipinski definition) is 0. The number of benzene rings is 1. The van der Waals surface area contributed by atoms with Gasteiger partial charge in [-0.05, 0) is 6.42 Å². The fraction of sp³-hybridized carbons (Fsp3) is 0.417. The normalized spacial score (nSPS) is 13.5. The van der Waals surface area contributed by atoms with Gasteiger partial charge in [0.15, 0.2) is 5.78 Å². The Morgan fingerprint density at radius 1 is 1.25 bits per heavy atom. The zero-order chi connectivity index (χ0) is 12.2. The first kappa shape index (κ1) is 12.7. The van der Waals surface area contributed by atoms with Gasteiger partial charge in [-0.2, -0.15) is 13.2 Å². The van der Waals surface area contributed by atoms with Crippen molar-refractivity contribution in [2.75, 3.05) is 0 Å². The molecule has 0 heterocycles. The van der Waals surface area contributed by atoms with Crippen LogP contribution in [0.3, 0.4) is 0 Å². The average Bonchev–Trinajstić information content (AvgIpc) is 2.25. The molecule has 0 bridgehead atoms. The quantitative estimate of drug-likeness (QED) is 0.718. The maximum absolute atomic E-state index is 12.6. The van der Waals surface area contributed by atoms with Gasteiger partial charge in [0.2, 0.25) is 0 Å². The first-order valence-corrected chi connectivity index (χ1v) is 5.12. The standard InChI is InChI=1S/C12H13F3O/c1-2-6-10(12(13,14)15)11(16)9-7-4-3-5-8-9/h3-5,7-8,10H,2,6H2,1H3. The summed E-state index contributed by atoms with van der Waals surface area (Å²) in [6.45, 7) is 1.64. The zero-order valence-electron chi connectivity index (χ0n) is 8.92. The van der Waals surface area contributed by atoms with Crippen molar-refractivity contribution in [2.45, 2.75) is 25.9 Å². The van der Waals surface area contributed by atoms with E-state index in [2.05, 4.69) is 0 Å². The van der Waals surface area contributed by atoms with Crippen LogP contribution >= 0.6 is 0 Å². The summed E-state index contributed by atoms with van der Waals surface area (Å²) >= 11 is 0. The van der Waals surface area contributed by atoms with E-state index in [0.29, 0.717) is 6.42 Å². The van der Waals surface area contributed by atoms with Crippen LogP contribution in [0.25, 0.3) is 0 Å². The molecule has 4 heteroatoms. The highest BCUT2D eigenvalue weighted by atomic mass is 19.4. The Hall–Kier alpha value is -1.32. The molecule has 0 saturated heterocycles. The molecule has 0 fully saturated rings. The van der Waals surface area contributed by atoms with Crippen molar-refractivity contribution in [2.24, 2.45) is 5.92 Å². The van der Waals surface area contributed by atoms with Crippen molar-refractivity contribution >= 4 is 5.78 Å². The molecule has 0 aromatic heterocycles. The Labute approximate surface area is 92.3 Å². The van der Waals surface area contributed by atoms with Crippen LogP contribution in [0, 0.1) is 5.92 Å². The molecular formula is C12H13F3O. The molecule has 1 atom stereocenters. The van der Waals surface area contributed by atoms with Gasteiger partial charge in [0.05, 0.1) is 0 Å². The van der Waals surface area contributed by atoms with E-state index >= 15 is 0 Å². The molecule has 0 aliphatic heterocycles. The summed E-state index contributed by atoms with van der Waals surface area (Å²) in [5, 5.41) is 0. The largest absolute Gasteiger partial charge is 0.398 e. The minimum Gasteiger partial charge on any atom is -0.294 e. The number of carbonyl (C=O) groups excluding carboxylic acids is 1. The van der Waals surface area contributed by atoms with Gasteiger partial charge < -0.3 is 0 Å². The number of alkyl halides is 3. The monoisotopic (exact) mass is 230 g/mol.